The molecule has 1 N–H and O–H groups in total. The molecule has 19 heavy (non-hydrogen) atoms. The van der Waals surface area contributed by atoms with E-state index in [0.717, 1.165) is 19.6 Å². The molecule has 0 aromatic carbocycles. The normalized spacial score (nSPS) is 10.5. The molecule has 0 unspecified atom stereocenters. The Bertz CT molecular complexity index is 508. The van der Waals surface area contributed by atoms with Crippen LogP contribution in [0.5, 0.6) is 0 Å². The van der Waals surface area contributed by atoms with Gasteiger partial charge in [0, 0.05) is 19.6 Å². The predicted molar refractivity (Wildman–Crippen MR) is 75.3 cm³/mol. The van der Waals surface area contributed by atoms with E-state index in [-0.39, 0.29) is 0 Å². The number of hydrogen-bond donors (Lipinski definition) is 1. The number of hydrogen-bond acceptors (Lipinski definition) is 6. The third-order valence-electron chi connectivity index (χ3n) is 2.75. The maximum Gasteiger partial charge on any atom is 0.230 e. The molecule has 6 heteroatoms. The molecule has 0 aliphatic heterocycles. The molecule has 2 aromatic heterocycles. The molecule has 0 radical (unpaired) electrons. The zero-order chi connectivity index (χ0) is 13.7. The molecule has 2 heterocycles. The van der Waals surface area contributed by atoms with Gasteiger partial charge in [-0.15, -0.1) is 0 Å². The van der Waals surface area contributed by atoms with Crippen molar-refractivity contribution in [3.05, 3.63) is 18.4 Å². The van der Waals surface area contributed by atoms with Crippen LogP contribution in [0.25, 0.3) is 11.6 Å². The average Bonchev–Trinajstić information content (AvgIpc) is 2.94. The Labute approximate surface area is 112 Å². The SMILES string of the molecule is CCNc1nc(-c2ccco2)nc(N(CC)CC)n1. The van der Waals surface area contributed by atoms with Crippen molar-refractivity contribution in [1.82, 2.24) is 15.0 Å². The van der Waals surface area contributed by atoms with Gasteiger partial charge in [0.2, 0.25) is 17.7 Å². The van der Waals surface area contributed by atoms with E-state index in [2.05, 4.69) is 39.0 Å². The molecule has 0 bridgehead atoms. The molecule has 0 aliphatic rings. The van der Waals surface area contributed by atoms with Crippen LogP contribution in [0, 0.1) is 0 Å². The summed E-state index contributed by atoms with van der Waals surface area (Å²) < 4.78 is 5.36. The summed E-state index contributed by atoms with van der Waals surface area (Å²) >= 11 is 0. The highest BCUT2D eigenvalue weighted by molar-refractivity contribution is 5.52. The molecule has 2 rings (SSSR count). The zero-order valence-electron chi connectivity index (χ0n) is 11.6. The second-order valence-electron chi connectivity index (χ2n) is 3.96. The fraction of sp³-hybridized carbons (Fsp3) is 0.462. The smallest absolute Gasteiger partial charge is 0.230 e. The van der Waals surface area contributed by atoms with E-state index >= 15 is 0 Å². The van der Waals surface area contributed by atoms with Gasteiger partial charge in [-0.2, -0.15) is 15.0 Å². The molecule has 102 valence electrons. The second kappa shape index (κ2) is 6.17. The van der Waals surface area contributed by atoms with Gasteiger partial charge in [0.25, 0.3) is 0 Å². The van der Waals surface area contributed by atoms with Gasteiger partial charge in [-0.05, 0) is 32.9 Å². The van der Waals surface area contributed by atoms with Crippen LogP contribution in [0.15, 0.2) is 22.8 Å². The summed E-state index contributed by atoms with van der Waals surface area (Å²) in [5.74, 6) is 2.45. The molecule has 0 aliphatic carbocycles. The average molecular weight is 261 g/mol. The number of furan rings is 1. The summed E-state index contributed by atoms with van der Waals surface area (Å²) in [6.45, 7) is 8.62. The number of anilines is 2. The van der Waals surface area contributed by atoms with Gasteiger partial charge in [0.05, 0.1) is 6.26 Å². The van der Waals surface area contributed by atoms with E-state index in [4.69, 9.17) is 4.42 Å². The van der Waals surface area contributed by atoms with Crippen LogP contribution in [-0.4, -0.2) is 34.6 Å². The minimum absolute atomic E-state index is 0.554. The highest BCUT2D eigenvalue weighted by atomic mass is 16.3. The van der Waals surface area contributed by atoms with E-state index in [1.165, 1.54) is 0 Å². The van der Waals surface area contributed by atoms with E-state index in [0.29, 0.717) is 23.5 Å². The third kappa shape index (κ3) is 3.01. The maximum absolute atomic E-state index is 5.36. The Morgan fingerprint density at radius 1 is 1.16 bits per heavy atom. The molecule has 0 saturated heterocycles. The maximum atomic E-state index is 5.36. The molecular weight excluding hydrogens is 242 g/mol. The first-order chi connectivity index (χ1) is 9.28. The zero-order valence-corrected chi connectivity index (χ0v) is 11.6. The van der Waals surface area contributed by atoms with Crippen molar-refractivity contribution >= 4 is 11.9 Å². The van der Waals surface area contributed by atoms with E-state index < -0.39 is 0 Å². The first kappa shape index (κ1) is 13.3. The Hall–Kier alpha value is -2.11. The van der Waals surface area contributed by atoms with Crippen molar-refractivity contribution in [2.75, 3.05) is 29.9 Å². The summed E-state index contributed by atoms with van der Waals surface area (Å²) in [5, 5.41) is 3.12. The number of nitrogens with one attached hydrogen (secondary N) is 1. The van der Waals surface area contributed by atoms with Crippen LogP contribution in [0.4, 0.5) is 11.9 Å². The lowest BCUT2D eigenvalue weighted by molar-refractivity contribution is 0.576. The highest BCUT2D eigenvalue weighted by Gasteiger charge is 2.13. The van der Waals surface area contributed by atoms with Crippen LogP contribution in [-0.2, 0) is 0 Å². The number of aromatic nitrogens is 3. The van der Waals surface area contributed by atoms with Crippen LogP contribution in [0.2, 0.25) is 0 Å². The first-order valence-electron chi connectivity index (χ1n) is 6.57. The largest absolute Gasteiger partial charge is 0.461 e. The van der Waals surface area contributed by atoms with Gasteiger partial charge in [-0.3, -0.25) is 0 Å². The van der Waals surface area contributed by atoms with Crippen molar-refractivity contribution in [3.63, 3.8) is 0 Å². The Kier molecular flexibility index (Phi) is 4.33. The first-order valence-corrected chi connectivity index (χ1v) is 6.57. The third-order valence-corrected chi connectivity index (χ3v) is 2.75. The summed E-state index contributed by atoms with van der Waals surface area (Å²) in [6.07, 6.45) is 1.61. The number of nitrogens with zero attached hydrogens (tertiary/aromatic N) is 4. The lowest BCUT2D eigenvalue weighted by atomic mass is 10.4. The van der Waals surface area contributed by atoms with E-state index in [1.54, 1.807) is 6.26 Å². The lowest BCUT2D eigenvalue weighted by Crippen LogP contribution is -2.25. The van der Waals surface area contributed by atoms with Crippen LogP contribution >= 0.6 is 0 Å². The van der Waals surface area contributed by atoms with Gasteiger partial charge in [-0.1, -0.05) is 0 Å². The number of rotatable bonds is 6. The van der Waals surface area contributed by atoms with Crippen LogP contribution < -0.4 is 10.2 Å². The summed E-state index contributed by atoms with van der Waals surface area (Å²) in [6, 6.07) is 3.67. The van der Waals surface area contributed by atoms with Crippen LogP contribution in [0.3, 0.4) is 0 Å². The fourth-order valence-electron chi connectivity index (χ4n) is 1.77. The van der Waals surface area contributed by atoms with Crippen molar-refractivity contribution in [2.24, 2.45) is 0 Å². The van der Waals surface area contributed by atoms with Gasteiger partial charge in [-0.25, -0.2) is 0 Å². The van der Waals surface area contributed by atoms with E-state index in [9.17, 15) is 0 Å². The Balaban J connectivity index is 2.43. The Morgan fingerprint density at radius 2 is 1.95 bits per heavy atom. The second-order valence-corrected chi connectivity index (χ2v) is 3.96. The minimum Gasteiger partial charge on any atom is -0.461 e. The summed E-state index contributed by atoms with van der Waals surface area (Å²) in [7, 11) is 0. The van der Waals surface area contributed by atoms with Gasteiger partial charge >= 0.3 is 0 Å². The molecule has 0 fully saturated rings. The standard InChI is InChI=1S/C13H19N5O/c1-4-14-12-15-11(10-8-7-9-19-10)16-13(17-12)18(5-2)6-3/h7-9H,4-6H2,1-3H3,(H,14,15,16,17). The van der Waals surface area contributed by atoms with Crippen LogP contribution in [0.1, 0.15) is 20.8 Å². The monoisotopic (exact) mass is 261 g/mol. The predicted octanol–water partition coefficient (Wildman–Crippen LogP) is 2.41. The summed E-state index contributed by atoms with van der Waals surface area (Å²) in [5.41, 5.74) is 0. The van der Waals surface area contributed by atoms with Gasteiger partial charge < -0.3 is 14.6 Å². The topological polar surface area (TPSA) is 67.1 Å². The molecule has 0 saturated carbocycles. The highest BCUT2D eigenvalue weighted by Crippen LogP contribution is 2.19. The van der Waals surface area contributed by atoms with Crippen molar-refractivity contribution in [2.45, 2.75) is 20.8 Å². The molecular formula is C13H19N5O. The van der Waals surface area contributed by atoms with Crippen molar-refractivity contribution in [1.29, 1.82) is 0 Å². The van der Waals surface area contributed by atoms with E-state index in [1.807, 2.05) is 19.1 Å². The summed E-state index contributed by atoms with van der Waals surface area (Å²) in [4.78, 5) is 15.3. The lowest BCUT2D eigenvalue weighted by Gasteiger charge is -2.19. The molecule has 6 nitrogen and oxygen atoms in total. The Morgan fingerprint density at radius 3 is 2.53 bits per heavy atom. The quantitative estimate of drug-likeness (QED) is 0.861. The van der Waals surface area contributed by atoms with Gasteiger partial charge in [0.1, 0.15) is 0 Å². The molecule has 2 aromatic rings. The molecule has 0 spiro atoms. The van der Waals surface area contributed by atoms with Crippen molar-refractivity contribution < 1.29 is 4.42 Å². The minimum atomic E-state index is 0.554. The fourth-order valence-corrected chi connectivity index (χ4v) is 1.77. The molecule has 0 amide bonds. The van der Waals surface area contributed by atoms with Gasteiger partial charge in [0.15, 0.2) is 5.76 Å². The van der Waals surface area contributed by atoms with Crippen molar-refractivity contribution in [3.8, 4) is 11.6 Å². The molecule has 0 atom stereocenters.